The number of aliphatic imine (C=N–C) groups is 1. The zero-order chi connectivity index (χ0) is 34.2. The van der Waals surface area contributed by atoms with Gasteiger partial charge in [-0.3, -0.25) is 9.89 Å². The molecule has 0 bridgehead atoms. The Bertz CT molecular complexity index is 2070. The van der Waals surface area contributed by atoms with E-state index in [0.717, 1.165) is 50.7 Å². The van der Waals surface area contributed by atoms with Crippen molar-refractivity contribution in [3.05, 3.63) is 93.8 Å². The summed E-state index contributed by atoms with van der Waals surface area (Å²) < 4.78 is 6.05. The van der Waals surface area contributed by atoms with E-state index in [0.29, 0.717) is 5.92 Å². The summed E-state index contributed by atoms with van der Waals surface area (Å²) in [5.41, 5.74) is 7.25. The van der Waals surface area contributed by atoms with Crippen LogP contribution in [0.4, 0.5) is 5.69 Å². The fourth-order valence-electron chi connectivity index (χ4n) is 7.41. The highest BCUT2D eigenvalue weighted by Gasteiger charge is 2.28. The average Bonchev–Trinajstić information content (AvgIpc) is 3.92. The van der Waals surface area contributed by atoms with E-state index in [1.54, 1.807) is 11.8 Å². The predicted octanol–water partition coefficient (Wildman–Crippen LogP) is 10.3. The van der Waals surface area contributed by atoms with E-state index in [2.05, 4.69) is 125 Å². The molecule has 2 aromatic carbocycles. The topological polar surface area (TPSA) is 40.5 Å². The van der Waals surface area contributed by atoms with E-state index in [1.165, 1.54) is 70.2 Å². The summed E-state index contributed by atoms with van der Waals surface area (Å²) in [6.07, 6.45) is 20.7. The standard InChI is InChI=1S/C40H45N6S4/c1-5-43-19-17-41-39(43)47-31-13-15-35-33(25-31)45(7-3)37(49-35)23-27-9-11-29-12-10-28(22-30(29)21-27)24-38-46(8-4)34-26-32(14-16-36(34)50-38)48-40-42-18-20-44(40)6-2/h13-19,21-26,29,40H,5-12,20H2,1-4H3/q+1. The van der Waals surface area contributed by atoms with Gasteiger partial charge in [0, 0.05) is 65.1 Å². The molecule has 8 rings (SSSR count). The quantitative estimate of drug-likeness (QED) is 0.151. The molecular weight excluding hydrogens is 693 g/mol. The van der Waals surface area contributed by atoms with Crippen LogP contribution in [0.25, 0.3) is 16.3 Å². The van der Waals surface area contributed by atoms with E-state index in [-0.39, 0.29) is 5.50 Å². The molecule has 10 heteroatoms. The van der Waals surface area contributed by atoms with Crippen LogP contribution in [0.15, 0.2) is 114 Å². The highest BCUT2D eigenvalue weighted by Crippen LogP contribution is 2.49. The van der Waals surface area contributed by atoms with Gasteiger partial charge in [0.15, 0.2) is 10.7 Å². The Labute approximate surface area is 313 Å². The predicted molar refractivity (Wildman–Crippen MR) is 215 cm³/mol. The number of nitrogens with zero attached hydrogens (tertiary/aromatic N) is 6. The number of benzene rings is 2. The smallest absolute Gasteiger partial charge is 0.263 e. The largest absolute Gasteiger partial charge is 0.335 e. The molecule has 4 heterocycles. The zero-order valence-electron chi connectivity index (χ0n) is 29.3. The van der Waals surface area contributed by atoms with Gasteiger partial charge >= 0.3 is 0 Å². The Balaban J connectivity index is 1.03. The van der Waals surface area contributed by atoms with Crippen molar-refractivity contribution in [2.75, 3.05) is 24.5 Å². The van der Waals surface area contributed by atoms with Gasteiger partial charge in [0.1, 0.15) is 11.2 Å². The van der Waals surface area contributed by atoms with E-state index >= 15 is 0 Å². The molecule has 2 aromatic heterocycles. The van der Waals surface area contributed by atoms with Crippen LogP contribution in [0.5, 0.6) is 0 Å². The minimum Gasteiger partial charge on any atom is -0.335 e. The zero-order valence-corrected chi connectivity index (χ0v) is 32.6. The molecule has 2 unspecified atom stereocenters. The van der Waals surface area contributed by atoms with Crippen molar-refractivity contribution < 1.29 is 4.57 Å². The second-order valence-corrected chi connectivity index (χ2v) is 17.4. The Kier molecular flexibility index (Phi) is 10.2. The number of aromatic nitrogens is 3. The molecule has 2 aliphatic carbocycles. The lowest BCUT2D eigenvalue weighted by Crippen LogP contribution is -2.33. The fourth-order valence-corrected chi connectivity index (χ4v) is 11.8. The maximum absolute atomic E-state index is 4.72. The van der Waals surface area contributed by atoms with Crippen molar-refractivity contribution in [1.29, 1.82) is 0 Å². The Hall–Kier alpha value is -3.02. The lowest BCUT2D eigenvalue weighted by Gasteiger charge is -2.28. The van der Waals surface area contributed by atoms with Gasteiger partial charge in [-0.1, -0.05) is 65.7 Å². The highest BCUT2D eigenvalue weighted by molar-refractivity contribution is 8.03. The molecule has 0 N–H and O–H groups in total. The van der Waals surface area contributed by atoms with Gasteiger partial charge < -0.3 is 9.47 Å². The molecule has 2 aliphatic heterocycles. The maximum atomic E-state index is 4.72. The van der Waals surface area contributed by atoms with Crippen molar-refractivity contribution in [3.8, 4) is 0 Å². The van der Waals surface area contributed by atoms with Gasteiger partial charge in [0.2, 0.25) is 5.52 Å². The first-order chi connectivity index (χ1) is 24.5. The van der Waals surface area contributed by atoms with Crippen LogP contribution in [0.1, 0.15) is 58.4 Å². The van der Waals surface area contributed by atoms with Crippen LogP contribution >= 0.6 is 46.6 Å². The van der Waals surface area contributed by atoms with Crippen molar-refractivity contribution in [2.45, 2.75) is 91.8 Å². The number of thioether (sulfide) groups is 2. The van der Waals surface area contributed by atoms with Crippen molar-refractivity contribution >= 4 is 74.8 Å². The lowest BCUT2D eigenvalue weighted by atomic mass is 9.77. The van der Waals surface area contributed by atoms with Crippen LogP contribution in [0, 0.1) is 5.92 Å². The average molecular weight is 738 g/mol. The molecule has 4 aromatic rings. The molecule has 0 amide bonds. The number of aryl methyl sites for hydroxylation is 2. The SMILES string of the molecule is CCN1C(=CC2=CC3=CC(=Cc4sc5ccc(SC6N=CCN6CC)cc5[n+]4CC)CCC3CC2)Sc2ccc(Sc3nccn3CC)cc21. The van der Waals surface area contributed by atoms with Crippen molar-refractivity contribution in [2.24, 2.45) is 10.9 Å². The van der Waals surface area contributed by atoms with E-state index in [4.69, 9.17) is 4.99 Å². The summed E-state index contributed by atoms with van der Waals surface area (Å²) in [6, 6.07) is 13.8. The normalized spacial score (nSPS) is 22.1. The molecule has 2 atom stereocenters. The summed E-state index contributed by atoms with van der Waals surface area (Å²) in [5, 5.41) is 3.73. The number of allylic oxidation sites excluding steroid dienone is 6. The molecule has 0 saturated carbocycles. The first-order valence-corrected chi connectivity index (χ1v) is 21.4. The summed E-state index contributed by atoms with van der Waals surface area (Å²) >= 11 is 7.44. The van der Waals surface area contributed by atoms with Crippen molar-refractivity contribution in [1.82, 2.24) is 14.5 Å². The van der Waals surface area contributed by atoms with Gasteiger partial charge in [-0.15, -0.1) is 0 Å². The second-order valence-electron chi connectivity index (χ2n) is 13.1. The second kappa shape index (κ2) is 14.9. The van der Waals surface area contributed by atoms with Gasteiger partial charge in [-0.25, -0.2) is 4.98 Å². The first kappa shape index (κ1) is 34.1. The number of hydrogen-bond acceptors (Lipinski definition) is 8. The van der Waals surface area contributed by atoms with Crippen LogP contribution in [-0.4, -0.2) is 45.8 Å². The lowest BCUT2D eigenvalue weighted by molar-refractivity contribution is -0.665. The third-order valence-corrected chi connectivity index (χ3v) is 14.5. The Morgan fingerprint density at radius 3 is 2.68 bits per heavy atom. The third-order valence-electron chi connectivity index (χ3n) is 10.1. The Morgan fingerprint density at radius 2 is 1.84 bits per heavy atom. The summed E-state index contributed by atoms with van der Waals surface area (Å²) in [4.78, 5) is 18.1. The fraction of sp³-hybridized carbons (Fsp3) is 0.375. The number of anilines is 1. The minimum absolute atomic E-state index is 0.186. The minimum atomic E-state index is 0.186. The van der Waals surface area contributed by atoms with E-state index in [1.807, 2.05) is 41.1 Å². The number of thiazole rings is 1. The molecule has 0 fully saturated rings. The van der Waals surface area contributed by atoms with Crippen LogP contribution in [0.2, 0.25) is 0 Å². The van der Waals surface area contributed by atoms with Gasteiger partial charge in [0.05, 0.1) is 10.7 Å². The number of imidazole rings is 1. The van der Waals surface area contributed by atoms with Crippen LogP contribution < -0.4 is 9.47 Å². The number of hydrogen-bond donors (Lipinski definition) is 0. The number of fused-ring (bicyclic) bond motifs is 3. The van der Waals surface area contributed by atoms with Gasteiger partial charge in [-0.2, -0.15) is 4.57 Å². The molecular formula is C40H45N6S4+. The highest BCUT2D eigenvalue weighted by atomic mass is 32.2. The monoisotopic (exact) mass is 737 g/mol. The van der Waals surface area contributed by atoms with Crippen molar-refractivity contribution in [3.63, 3.8) is 0 Å². The molecule has 0 spiro atoms. The number of rotatable bonds is 10. The summed E-state index contributed by atoms with van der Waals surface area (Å²) in [6.45, 7) is 13.7. The van der Waals surface area contributed by atoms with E-state index < -0.39 is 0 Å². The molecule has 6 nitrogen and oxygen atoms in total. The molecule has 258 valence electrons. The van der Waals surface area contributed by atoms with Gasteiger partial charge in [0.25, 0.3) is 5.01 Å². The molecule has 0 saturated heterocycles. The molecule has 50 heavy (non-hydrogen) atoms. The molecule has 0 radical (unpaired) electrons. The Morgan fingerprint density at radius 1 is 0.960 bits per heavy atom. The van der Waals surface area contributed by atoms with Crippen LogP contribution in [-0.2, 0) is 13.1 Å². The van der Waals surface area contributed by atoms with E-state index in [9.17, 15) is 0 Å². The van der Waals surface area contributed by atoms with Gasteiger partial charge in [-0.05, 0) is 112 Å². The maximum Gasteiger partial charge on any atom is 0.263 e. The summed E-state index contributed by atoms with van der Waals surface area (Å²) in [7, 11) is 0. The molecule has 4 aliphatic rings. The van der Waals surface area contributed by atoms with Crippen LogP contribution in [0.3, 0.4) is 0 Å². The summed E-state index contributed by atoms with van der Waals surface area (Å²) in [5.74, 6) is 0.668. The third kappa shape index (κ3) is 6.82. The first-order valence-electron chi connectivity index (χ1n) is 18.0.